The Labute approximate surface area is 152 Å². The van der Waals surface area contributed by atoms with Gasteiger partial charge < -0.3 is 10.2 Å². The van der Waals surface area contributed by atoms with Crippen molar-refractivity contribution in [2.24, 2.45) is 0 Å². The van der Waals surface area contributed by atoms with Gasteiger partial charge in [0.15, 0.2) is 0 Å². The van der Waals surface area contributed by atoms with Crippen molar-refractivity contribution in [3.05, 3.63) is 58.6 Å². The van der Waals surface area contributed by atoms with E-state index in [1.165, 1.54) is 6.92 Å². The lowest BCUT2D eigenvalue weighted by atomic mass is 10.1. The van der Waals surface area contributed by atoms with Gasteiger partial charge >= 0.3 is 0 Å². The third-order valence-corrected chi connectivity index (χ3v) is 4.43. The number of carbonyl (C=O) groups excluding carboxylic acids is 2. The second-order valence-electron chi connectivity index (χ2n) is 6.15. The molecule has 2 aromatic carbocycles. The van der Waals surface area contributed by atoms with Crippen molar-refractivity contribution in [2.45, 2.75) is 26.9 Å². The van der Waals surface area contributed by atoms with Gasteiger partial charge in [0.25, 0.3) is 0 Å². The molecule has 1 heterocycles. The highest BCUT2D eigenvalue weighted by Gasteiger charge is 2.28. The van der Waals surface area contributed by atoms with Crippen LogP contribution >= 0.6 is 11.6 Å². The fraction of sp³-hybridized carbons (Fsp3) is 0.263. The minimum atomic E-state index is -0.0426. The summed E-state index contributed by atoms with van der Waals surface area (Å²) in [6, 6.07) is 13.7. The average Bonchev–Trinajstić information content (AvgIpc) is 2.92. The molecular weight excluding hydrogens is 338 g/mol. The van der Waals surface area contributed by atoms with E-state index in [4.69, 9.17) is 11.6 Å². The number of amides is 2. The lowest BCUT2D eigenvalue weighted by molar-refractivity contribution is -0.119. The van der Waals surface area contributed by atoms with Gasteiger partial charge in [0.1, 0.15) is 0 Å². The van der Waals surface area contributed by atoms with Crippen LogP contribution in [0.5, 0.6) is 0 Å². The number of fused-ring (bicyclic) bond motifs is 1. The molecule has 0 bridgehead atoms. The molecule has 0 spiro atoms. The second-order valence-corrected chi connectivity index (χ2v) is 6.58. The molecule has 3 rings (SSSR count). The van der Waals surface area contributed by atoms with Crippen molar-refractivity contribution in [1.29, 1.82) is 0 Å². The van der Waals surface area contributed by atoms with Crippen molar-refractivity contribution < 1.29 is 9.59 Å². The van der Waals surface area contributed by atoms with Crippen LogP contribution in [0.2, 0.25) is 5.02 Å². The highest BCUT2D eigenvalue weighted by atomic mass is 35.5. The van der Waals surface area contributed by atoms with Crippen molar-refractivity contribution in [3.8, 4) is 0 Å². The highest BCUT2D eigenvalue weighted by Crippen LogP contribution is 2.38. The molecule has 1 aliphatic heterocycles. The van der Waals surface area contributed by atoms with Crippen molar-refractivity contribution >= 4 is 34.8 Å². The van der Waals surface area contributed by atoms with Gasteiger partial charge in [-0.15, -0.1) is 0 Å². The predicted molar refractivity (Wildman–Crippen MR) is 99.6 cm³/mol. The molecule has 0 unspecified atom stereocenters. The number of halogens is 1. The Morgan fingerprint density at radius 3 is 2.36 bits per heavy atom. The van der Waals surface area contributed by atoms with Crippen LogP contribution in [0.1, 0.15) is 25.0 Å². The first-order valence-electron chi connectivity index (χ1n) is 8.09. The third-order valence-electron chi connectivity index (χ3n) is 4.20. The lowest BCUT2D eigenvalue weighted by Gasteiger charge is -2.20. The van der Waals surface area contributed by atoms with Crippen molar-refractivity contribution in [1.82, 2.24) is 5.32 Å². The molecule has 2 amide bonds. The van der Waals surface area contributed by atoms with Gasteiger partial charge in [-0.25, -0.2) is 0 Å². The van der Waals surface area contributed by atoms with Gasteiger partial charge in [0.05, 0.1) is 18.0 Å². The first-order chi connectivity index (χ1) is 11.9. The van der Waals surface area contributed by atoms with Crippen LogP contribution < -0.4 is 15.1 Å². The van der Waals surface area contributed by atoms with Crippen molar-refractivity contribution in [2.75, 3.05) is 16.5 Å². The number of nitrogens with one attached hydrogen (secondary N) is 1. The Morgan fingerprint density at radius 2 is 1.72 bits per heavy atom. The standard InChI is InChI=1S/C19H20ClN3O2/c1-13(24)21-10-15-3-5-16(6-4-15)11-22-12-23(14(2)25)18-8-7-17(20)9-19(18)22/h3-9H,10-12H2,1-2H3,(H,21,24). The molecule has 1 aliphatic rings. The molecule has 0 fully saturated rings. The fourth-order valence-corrected chi connectivity index (χ4v) is 3.08. The first kappa shape index (κ1) is 17.3. The summed E-state index contributed by atoms with van der Waals surface area (Å²) in [6.45, 7) is 4.79. The zero-order chi connectivity index (χ0) is 18.0. The summed E-state index contributed by atoms with van der Waals surface area (Å²) in [4.78, 5) is 26.8. The largest absolute Gasteiger partial charge is 0.352 e. The topological polar surface area (TPSA) is 52.7 Å². The number of hydrogen-bond donors (Lipinski definition) is 1. The van der Waals surface area contributed by atoms with Crippen LogP contribution in [-0.4, -0.2) is 18.5 Å². The van der Waals surface area contributed by atoms with E-state index in [-0.39, 0.29) is 11.8 Å². The maximum absolute atomic E-state index is 11.9. The number of benzene rings is 2. The smallest absolute Gasteiger partial charge is 0.225 e. The number of carbonyl (C=O) groups is 2. The Bertz CT molecular complexity index is 805. The summed E-state index contributed by atoms with van der Waals surface area (Å²) in [5, 5.41) is 3.44. The Balaban J connectivity index is 1.76. The molecule has 25 heavy (non-hydrogen) atoms. The summed E-state index contributed by atoms with van der Waals surface area (Å²) < 4.78 is 0. The third kappa shape index (κ3) is 3.94. The van der Waals surface area contributed by atoms with E-state index in [9.17, 15) is 9.59 Å². The molecule has 130 valence electrons. The molecule has 2 aromatic rings. The number of nitrogens with zero attached hydrogens (tertiary/aromatic N) is 2. The summed E-state index contributed by atoms with van der Waals surface area (Å²) in [6.07, 6.45) is 0. The monoisotopic (exact) mass is 357 g/mol. The molecule has 5 nitrogen and oxygen atoms in total. The van der Waals surface area contributed by atoms with Gasteiger partial charge in [-0.05, 0) is 29.3 Å². The maximum Gasteiger partial charge on any atom is 0.225 e. The summed E-state index contributed by atoms with van der Waals surface area (Å²) in [5.74, 6) is -0.0318. The normalized spacial score (nSPS) is 12.9. The van der Waals surface area contributed by atoms with Crippen LogP contribution in [-0.2, 0) is 22.7 Å². The molecule has 0 atom stereocenters. The average molecular weight is 358 g/mol. The first-order valence-corrected chi connectivity index (χ1v) is 8.46. The van der Waals surface area contributed by atoms with Crippen LogP contribution in [0.15, 0.2) is 42.5 Å². The van der Waals surface area contributed by atoms with Crippen LogP contribution in [0.3, 0.4) is 0 Å². The molecule has 0 saturated heterocycles. The maximum atomic E-state index is 11.9. The SMILES string of the molecule is CC(=O)NCc1ccc(CN2CN(C(C)=O)c3ccc(Cl)cc32)cc1. The number of hydrogen-bond acceptors (Lipinski definition) is 3. The minimum absolute atomic E-state index is 0.0109. The van der Waals surface area contributed by atoms with Gasteiger partial charge in [-0.1, -0.05) is 35.9 Å². The van der Waals surface area contributed by atoms with E-state index in [2.05, 4.69) is 10.2 Å². The van der Waals surface area contributed by atoms with Gasteiger partial charge in [0.2, 0.25) is 11.8 Å². The molecule has 0 aliphatic carbocycles. The Hall–Kier alpha value is -2.53. The molecule has 6 heteroatoms. The van der Waals surface area contributed by atoms with E-state index < -0.39 is 0 Å². The zero-order valence-corrected chi connectivity index (χ0v) is 15.0. The van der Waals surface area contributed by atoms with Gasteiger partial charge in [0, 0.05) is 32.0 Å². The quantitative estimate of drug-likeness (QED) is 0.913. The zero-order valence-electron chi connectivity index (χ0n) is 14.3. The van der Waals surface area contributed by atoms with E-state index in [1.807, 2.05) is 36.4 Å². The van der Waals surface area contributed by atoms with E-state index in [0.717, 1.165) is 22.5 Å². The van der Waals surface area contributed by atoms with Crippen LogP contribution in [0.4, 0.5) is 11.4 Å². The highest BCUT2D eigenvalue weighted by molar-refractivity contribution is 6.31. The summed E-state index contributed by atoms with van der Waals surface area (Å²) in [5.41, 5.74) is 4.03. The van der Waals surface area contributed by atoms with Crippen molar-refractivity contribution in [3.63, 3.8) is 0 Å². The molecule has 0 radical (unpaired) electrons. The molecular formula is C19H20ClN3O2. The molecule has 1 N–H and O–H groups in total. The lowest BCUT2D eigenvalue weighted by Crippen LogP contribution is -2.33. The summed E-state index contributed by atoms with van der Waals surface area (Å²) in [7, 11) is 0. The Morgan fingerprint density at radius 1 is 1.04 bits per heavy atom. The van der Waals surface area contributed by atoms with Gasteiger partial charge in [-0.3, -0.25) is 14.5 Å². The van der Waals surface area contributed by atoms with E-state index in [0.29, 0.717) is 24.8 Å². The predicted octanol–water partition coefficient (Wildman–Crippen LogP) is 3.31. The minimum Gasteiger partial charge on any atom is -0.352 e. The fourth-order valence-electron chi connectivity index (χ4n) is 2.92. The molecule has 0 saturated carbocycles. The number of anilines is 2. The van der Waals surface area contributed by atoms with Crippen LogP contribution in [0.25, 0.3) is 0 Å². The molecule has 0 aromatic heterocycles. The van der Waals surface area contributed by atoms with E-state index >= 15 is 0 Å². The van der Waals surface area contributed by atoms with E-state index in [1.54, 1.807) is 17.9 Å². The van der Waals surface area contributed by atoms with Gasteiger partial charge in [-0.2, -0.15) is 0 Å². The number of rotatable bonds is 4. The van der Waals surface area contributed by atoms with Crippen LogP contribution in [0, 0.1) is 0 Å². The second kappa shape index (κ2) is 7.15. The Kier molecular flexibility index (Phi) is 4.95. The summed E-state index contributed by atoms with van der Waals surface area (Å²) >= 11 is 6.14.